The maximum atomic E-state index is 5.78. The van der Waals surface area contributed by atoms with Crippen LogP contribution in [0, 0.1) is 11.8 Å². The molecule has 0 aliphatic heterocycles. The first-order valence-electron chi connectivity index (χ1n) is 7.65. The van der Waals surface area contributed by atoms with Crippen LogP contribution in [0.4, 0.5) is 0 Å². The van der Waals surface area contributed by atoms with E-state index in [1.807, 2.05) is 12.1 Å². The Morgan fingerprint density at radius 2 is 2.05 bits per heavy atom. The van der Waals surface area contributed by atoms with Crippen LogP contribution in [-0.2, 0) is 6.54 Å². The van der Waals surface area contributed by atoms with Gasteiger partial charge in [0.05, 0.1) is 12.3 Å². The standard InChI is InChI=1S/C16H23N3O/c1-12-4-2-3-5-13(12)11-20-16-9-8-15(18-19-16)10-17-14-6-7-14/h2-3,8-9,12-14,17H,4-7,10-11H2,1H3. The molecule has 1 fully saturated rings. The smallest absolute Gasteiger partial charge is 0.233 e. The summed E-state index contributed by atoms with van der Waals surface area (Å²) in [7, 11) is 0. The van der Waals surface area contributed by atoms with Crippen molar-refractivity contribution in [1.29, 1.82) is 0 Å². The Kier molecular flexibility index (Phi) is 4.31. The number of allylic oxidation sites excluding steroid dienone is 2. The van der Waals surface area contributed by atoms with Gasteiger partial charge in [0.1, 0.15) is 0 Å². The zero-order valence-corrected chi connectivity index (χ0v) is 12.1. The first-order chi connectivity index (χ1) is 9.81. The van der Waals surface area contributed by atoms with Gasteiger partial charge in [-0.05, 0) is 43.6 Å². The number of hydrogen-bond acceptors (Lipinski definition) is 4. The van der Waals surface area contributed by atoms with Crippen LogP contribution in [0.25, 0.3) is 0 Å². The monoisotopic (exact) mass is 273 g/mol. The molecule has 2 atom stereocenters. The number of nitrogens with zero attached hydrogens (tertiary/aromatic N) is 2. The Morgan fingerprint density at radius 3 is 2.75 bits per heavy atom. The van der Waals surface area contributed by atoms with Gasteiger partial charge in [0.2, 0.25) is 5.88 Å². The molecule has 0 aromatic carbocycles. The average molecular weight is 273 g/mol. The Labute approximate surface area is 120 Å². The molecule has 0 amide bonds. The molecule has 0 spiro atoms. The number of hydrogen-bond donors (Lipinski definition) is 1. The van der Waals surface area contributed by atoms with Gasteiger partial charge in [-0.25, -0.2) is 0 Å². The van der Waals surface area contributed by atoms with Crippen LogP contribution in [0.15, 0.2) is 24.3 Å². The van der Waals surface area contributed by atoms with Gasteiger partial charge < -0.3 is 10.1 Å². The predicted molar refractivity (Wildman–Crippen MR) is 78.4 cm³/mol. The summed E-state index contributed by atoms with van der Waals surface area (Å²) in [5.74, 6) is 1.93. The van der Waals surface area contributed by atoms with Crippen molar-refractivity contribution in [2.24, 2.45) is 11.8 Å². The van der Waals surface area contributed by atoms with E-state index < -0.39 is 0 Å². The van der Waals surface area contributed by atoms with Crippen molar-refractivity contribution in [3.63, 3.8) is 0 Å². The van der Waals surface area contributed by atoms with Gasteiger partial charge in [-0.2, -0.15) is 5.10 Å². The predicted octanol–water partition coefficient (Wildman–Crippen LogP) is 2.71. The van der Waals surface area contributed by atoms with E-state index in [9.17, 15) is 0 Å². The second-order valence-corrected chi connectivity index (χ2v) is 6.01. The van der Waals surface area contributed by atoms with Gasteiger partial charge in [0, 0.05) is 18.7 Å². The number of ether oxygens (including phenoxy) is 1. The molecule has 0 radical (unpaired) electrons. The number of aromatic nitrogens is 2. The Balaban J connectivity index is 1.46. The lowest BCUT2D eigenvalue weighted by Crippen LogP contribution is -2.21. The van der Waals surface area contributed by atoms with E-state index >= 15 is 0 Å². The molecule has 2 aliphatic carbocycles. The van der Waals surface area contributed by atoms with E-state index in [4.69, 9.17) is 4.74 Å². The third-order valence-corrected chi connectivity index (χ3v) is 4.21. The van der Waals surface area contributed by atoms with Crippen LogP contribution < -0.4 is 10.1 Å². The molecular formula is C16H23N3O. The van der Waals surface area contributed by atoms with Crippen LogP contribution in [0.3, 0.4) is 0 Å². The second-order valence-electron chi connectivity index (χ2n) is 6.01. The molecule has 1 aromatic heterocycles. The van der Waals surface area contributed by atoms with Crippen molar-refractivity contribution in [3.05, 3.63) is 30.0 Å². The van der Waals surface area contributed by atoms with E-state index in [1.165, 1.54) is 12.8 Å². The third kappa shape index (κ3) is 3.79. The summed E-state index contributed by atoms with van der Waals surface area (Å²) in [5.41, 5.74) is 0.984. The van der Waals surface area contributed by atoms with Crippen molar-refractivity contribution in [2.45, 2.75) is 45.2 Å². The van der Waals surface area contributed by atoms with E-state index in [0.29, 0.717) is 23.8 Å². The third-order valence-electron chi connectivity index (χ3n) is 4.21. The Bertz CT molecular complexity index is 453. The van der Waals surface area contributed by atoms with E-state index in [-0.39, 0.29) is 0 Å². The minimum atomic E-state index is 0.595. The number of rotatable bonds is 6. The molecule has 2 aliphatic rings. The van der Waals surface area contributed by atoms with Crippen LogP contribution in [0.2, 0.25) is 0 Å². The first kappa shape index (κ1) is 13.6. The highest BCUT2D eigenvalue weighted by Crippen LogP contribution is 2.25. The van der Waals surface area contributed by atoms with Gasteiger partial charge in [0.15, 0.2) is 0 Å². The fraction of sp³-hybridized carbons (Fsp3) is 0.625. The maximum absolute atomic E-state index is 5.78. The summed E-state index contributed by atoms with van der Waals surface area (Å²) < 4.78 is 5.78. The van der Waals surface area contributed by atoms with Crippen LogP contribution >= 0.6 is 0 Å². The van der Waals surface area contributed by atoms with Crippen LogP contribution in [-0.4, -0.2) is 22.8 Å². The quantitative estimate of drug-likeness (QED) is 0.810. The molecule has 108 valence electrons. The summed E-state index contributed by atoms with van der Waals surface area (Å²) >= 11 is 0. The van der Waals surface area contributed by atoms with Crippen molar-refractivity contribution in [3.8, 4) is 5.88 Å². The zero-order valence-electron chi connectivity index (χ0n) is 12.1. The Hall–Kier alpha value is -1.42. The number of nitrogens with one attached hydrogen (secondary N) is 1. The van der Waals surface area contributed by atoms with Crippen LogP contribution in [0.1, 0.15) is 38.3 Å². The fourth-order valence-electron chi connectivity index (χ4n) is 2.49. The topological polar surface area (TPSA) is 47.0 Å². The van der Waals surface area contributed by atoms with Gasteiger partial charge >= 0.3 is 0 Å². The molecule has 1 N–H and O–H groups in total. The highest BCUT2D eigenvalue weighted by Gasteiger charge is 2.20. The molecule has 1 aromatic rings. The summed E-state index contributed by atoms with van der Waals surface area (Å²) in [6.07, 6.45) is 9.38. The Morgan fingerprint density at radius 1 is 1.20 bits per heavy atom. The van der Waals surface area contributed by atoms with Crippen molar-refractivity contribution < 1.29 is 4.74 Å². The summed E-state index contributed by atoms with van der Waals surface area (Å²) in [6.45, 7) is 3.83. The molecular weight excluding hydrogens is 250 g/mol. The molecule has 1 heterocycles. The van der Waals surface area contributed by atoms with Crippen molar-refractivity contribution in [2.75, 3.05) is 6.61 Å². The normalized spacial score (nSPS) is 25.6. The average Bonchev–Trinajstić information content (AvgIpc) is 3.30. The first-order valence-corrected chi connectivity index (χ1v) is 7.65. The molecule has 0 bridgehead atoms. The lowest BCUT2D eigenvalue weighted by Gasteiger charge is -2.24. The van der Waals surface area contributed by atoms with Gasteiger partial charge in [-0.1, -0.05) is 19.1 Å². The minimum absolute atomic E-state index is 0.595. The molecule has 3 rings (SSSR count). The molecule has 0 saturated heterocycles. The van der Waals surface area contributed by atoms with Gasteiger partial charge in [-0.3, -0.25) is 0 Å². The zero-order chi connectivity index (χ0) is 13.8. The molecule has 20 heavy (non-hydrogen) atoms. The van der Waals surface area contributed by atoms with E-state index in [1.54, 1.807) is 0 Å². The molecule has 1 saturated carbocycles. The summed E-state index contributed by atoms with van der Waals surface area (Å²) in [4.78, 5) is 0. The maximum Gasteiger partial charge on any atom is 0.233 e. The summed E-state index contributed by atoms with van der Waals surface area (Å²) in [5, 5.41) is 11.8. The second kappa shape index (κ2) is 6.35. The van der Waals surface area contributed by atoms with E-state index in [0.717, 1.165) is 31.7 Å². The SMILES string of the molecule is CC1CC=CCC1COc1ccc(CNC2CC2)nn1. The highest BCUT2D eigenvalue weighted by atomic mass is 16.5. The van der Waals surface area contributed by atoms with Crippen LogP contribution in [0.5, 0.6) is 5.88 Å². The largest absolute Gasteiger partial charge is 0.476 e. The molecule has 4 nitrogen and oxygen atoms in total. The minimum Gasteiger partial charge on any atom is -0.476 e. The molecule has 4 heteroatoms. The summed E-state index contributed by atoms with van der Waals surface area (Å²) in [6, 6.07) is 4.64. The van der Waals surface area contributed by atoms with Gasteiger partial charge in [-0.15, -0.1) is 5.10 Å². The van der Waals surface area contributed by atoms with Crippen molar-refractivity contribution in [1.82, 2.24) is 15.5 Å². The highest BCUT2D eigenvalue weighted by molar-refractivity contribution is 5.11. The molecule has 2 unspecified atom stereocenters. The van der Waals surface area contributed by atoms with Gasteiger partial charge in [0.25, 0.3) is 0 Å². The van der Waals surface area contributed by atoms with Crippen molar-refractivity contribution >= 4 is 0 Å². The van der Waals surface area contributed by atoms with E-state index in [2.05, 4.69) is 34.6 Å². The lowest BCUT2D eigenvalue weighted by atomic mass is 9.85. The lowest BCUT2D eigenvalue weighted by molar-refractivity contribution is 0.191. The fourth-order valence-corrected chi connectivity index (χ4v) is 2.49.